The van der Waals surface area contributed by atoms with E-state index < -0.39 is 0 Å². The van der Waals surface area contributed by atoms with Crippen molar-refractivity contribution in [2.24, 2.45) is 0 Å². The Bertz CT molecular complexity index is 583. The lowest BCUT2D eigenvalue weighted by Crippen LogP contribution is -2.17. The Labute approximate surface area is 119 Å². The molecule has 0 saturated carbocycles. The summed E-state index contributed by atoms with van der Waals surface area (Å²) >= 11 is 0. The van der Waals surface area contributed by atoms with Crippen molar-refractivity contribution < 1.29 is 9.13 Å². The van der Waals surface area contributed by atoms with Crippen molar-refractivity contribution in [3.05, 3.63) is 59.4 Å². The molecule has 1 unspecified atom stereocenters. The van der Waals surface area contributed by atoms with Crippen LogP contribution in [0.15, 0.2) is 42.5 Å². The first-order chi connectivity index (χ1) is 9.60. The number of aryl methyl sites for hydroxylation is 1. The van der Waals surface area contributed by atoms with Crippen molar-refractivity contribution in [1.82, 2.24) is 5.32 Å². The molecular formula is C17H20FNO. The number of hydrogen-bond donors (Lipinski definition) is 1. The molecule has 0 aliphatic rings. The molecule has 0 fully saturated rings. The fourth-order valence-corrected chi connectivity index (χ4v) is 2.08. The van der Waals surface area contributed by atoms with Gasteiger partial charge in [0, 0.05) is 12.1 Å². The highest BCUT2D eigenvalue weighted by Gasteiger charge is 2.07. The summed E-state index contributed by atoms with van der Waals surface area (Å²) in [5, 5.41) is 3.36. The predicted octanol–water partition coefficient (Wildman–Crippen LogP) is 4.60. The monoisotopic (exact) mass is 273 g/mol. The molecule has 106 valence electrons. The van der Waals surface area contributed by atoms with E-state index in [1.165, 1.54) is 12.1 Å². The summed E-state index contributed by atoms with van der Waals surface area (Å²) in [5.41, 5.74) is 2.06. The number of hydrogen-bond acceptors (Lipinski definition) is 2. The number of halogens is 1. The second-order valence-electron chi connectivity index (χ2n) is 4.86. The Hall–Kier alpha value is -1.87. The first-order valence-corrected chi connectivity index (χ1v) is 6.87. The van der Waals surface area contributed by atoms with Crippen molar-refractivity contribution >= 4 is 0 Å². The third-order valence-electron chi connectivity index (χ3n) is 3.25. The summed E-state index contributed by atoms with van der Waals surface area (Å²) in [7, 11) is 0. The molecule has 0 spiro atoms. The van der Waals surface area contributed by atoms with Crippen LogP contribution >= 0.6 is 0 Å². The highest BCUT2D eigenvalue weighted by atomic mass is 19.1. The van der Waals surface area contributed by atoms with Gasteiger partial charge in [0.1, 0.15) is 17.3 Å². The first kappa shape index (κ1) is 14.5. The van der Waals surface area contributed by atoms with Crippen molar-refractivity contribution in [2.75, 3.05) is 6.54 Å². The maximum absolute atomic E-state index is 13.3. The molecule has 2 aromatic carbocycles. The van der Waals surface area contributed by atoms with Gasteiger partial charge in [-0.05, 0) is 49.7 Å². The van der Waals surface area contributed by atoms with Gasteiger partial charge in [0.25, 0.3) is 0 Å². The molecule has 1 N–H and O–H groups in total. The van der Waals surface area contributed by atoms with Crippen LogP contribution in [-0.2, 0) is 0 Å². The van der Waals surface area contributed by atoms with Crippen LogP contribution in [0.25, 0.3) is 0 Å². The minimum absolute atomic E-state index is 0.261. The fourth-order valence-electron chi connectivity index (χ4n) is 2.08. The molecule has 0 heterocycles. The maximum Gasteiger partial charge on any atom is 0.133 e. The summed E-state index contributed by atoms with van der Waals surface area (Å²) in [4.78, 5) is 0. The van der Waals surface area contributed by atoms with Gasteiger partial charge < -0.3 is 10.1 Å². The van der Waals surface area contributed by atoms with E-state index in [-0.39, 0.29) is 11.9 Å². The van der Waals surface area contributed by atoms with Crippen LogP contribution < -0.4 is 10.1 Å². The van der Waals surface area contributed by atoms with Crippen LogP contribution in [-0.4, -0.2) is 6.54 Å². The maximum atomic E-state index is 13.3. The number of benzene rings is 2. The quantitative estimate of drug-likeness (QED) is 0.859. The molecule has 20 heavy (non-hydrogen) atoms. The zero-order valence-electron chi connectivity index (χ0n) is 12.1. The molecule has 2 aromatic rings. The van der Waals surface area contributed by atoms with Gasteiger partial charge in [-0.2, -0.15) is 0 Å². The van der Waals surface area contributed by atoms with Crippen LogP contribution in [0.2, 0.25) is 0 Å². The van der Waals surface area contributed by atoms with Crippen LogP contribution in [0.4, 0.5) is 4.39 Å². The molecule has 0 amide bonds. The lowest BCUT2D eigenvalue weighted by Gasteiger charge is -2.15. The number of nitrogens with one attached hydrogen (secondary N) is 1. The van der Waals surface area contributed by atoms with Crippen molar-refractivity contribution in [3.63, 3.8) is 0 Å². The fraction of sp³-hybridized carbons (Fsp3) is 0.294. The van der Waals surface area contributed by atoms with Crippen LogP contribution in [0.5, 0.6) is 11.5 Å². The van der Waals surface area contributed by atoms with Crippen molar-refractivity contribution in [1.29, 1.82) is 0 Å². The van der Waals surface area contributed by atoms with E-state index in [1.807, 2.05) is 25.1 Å². The van der Waals surface area contributed by atoms with Crippen LogP contribution in [0.3, 0.4) is 0 Å². The van der Waals surface area contributed by atoms with E-state index in [1.54, 1.807) is 6.07 Å². The molecule has 2 nitrogen and oxygen atoms in total. The molecule has 2 rings (SSSR count). The minimum atomic E-state index is -0.289. The zero-order chi connectivity index (χ0) is 14.5. The molecule has 0 aromatic heterocycles. The van der Waals surface area contributed by atoms with E-state index in [0.29, 0.717) is 5.75 Å². The summed E-state index contributed by atoms with van der Waals surface area (Å²) in [6, 6.07) is 12.7. The van der Waals surface area contributed by atoms with E-state index in [9.17, 15) is 4.39 Å². The SMILES string of the molecule is CCNC(C)c1cccc(Oc2cc(F)ccc2C)c1. The van der Waals surface area contributed by atoms with Gasteiger partial charge in [-0.3, -0.25) is 0 Å². The summed E-state index contributed by atoms with van der Waals surface area (Å²) in [6.45, 7) is 7.00. The lowest BCUT2D eigenvalue weighted by atomic mass is 10.1. The summed E-state index contributed by atoms with van der Waals surface area (Å²) in [5.74, 6) is 0.988. The van der Waals surface area contributed by atoms with E-state index in [0.717, 1.165) is 23.4 Å². The van der Waals surface area contributed by atoms with Gasteiger partial charge in [-0.15, -0.1) is 0 Å². The largest absolute Gasteiger partial charge is 0.457 e. The highest BCUT2D eigenvalue weighted by molar-refractivity contribution is 5.39. The molecule has 3 heteroatoms. The molecular weight excluding hydrogens is 253 g/mol. The summed E-state index contributed by atoms with van der Waals surface area (Å²) in [6.07, 6.45) is 0. The second kappa shape index (κ2) is 6.53. The Morgan fingerprint density at radius 1 is 1.20 bits per heavy atom. The van der Waals surface area contributed by atoms with Crippen LogP contribution in [0.1, 0.15) is 31.0 Å². The standard InChI is InChI=1S/C17H20FNO/c1-4-19-13(3)14-6-5-7-16(10-14)20-17-11-15(18)9-8-12(17)2/h5-11,13,19H,4H2,1-3H3. The van der Waals surface area contributed by atoms with Crippen molar-refractivity contribution in [3.8, 4) is 11.5 Å². The molecule has 0 aliphatic heterocycles. The Kier molecular flexibility index (Phi) is 4.74. The van der Waals surface area contributed by atoms with Gasteiger partial charge in [0.05, 0.1) is 0 Å². The Balaban J connectivity index is 2.21. The van der Waals surface area contributed by atoms with Gasteiger partial charge in [0.2, 0.25) is 0 Å². The van der Waals surface area contributed by atoms with Gasteiger partial charge in [-0.25, -0.2) is 4.39 Å². The highest BCUT2D eigenvalue weighted by Crippen LogP contribution is 2.27. The molecule has 0 bridgehead atoms. The normalized spacial score (nSPS) is 12.2. The van der Waals surface area contributed by atoms with E-state index >= 15 is 0 Å². The van der Waals surface area contributed by atoms with Gasteiger partial charge in [0.15, 0.2) is 0 Å². The van der Waals surface area contributed by atoms with E-state index in [4.69, 9.17) is 4.74 Å². The smallest absolute Gasteiger partial charge is 0.133 e. The molecule has 1 atom stereocenters. The Morgan fingerprint density at radius 2 is 2.00 bits per heavy atom. The van der Waals surface area contributed by atoms with Crippen molar-refractivity contribution in [2.45, 2.75) is 26.8 Å². The summed E-state index contributed by atoms with van der Waals surface area (Å²) < 4.78 is 19.1. The lowest BCUT2D eigenvalue weighted by molar-refractivity contribution is 0.470. The third-order valence-corrected chi connectivity index (χ3v) is 3.25. The average molecular weight is 273 g/mol. The van der Waals surface area contributed by atoms with Gasteiger partial charge in [-0.1, -0.05) is 25.1 Å². The second-order valence-corrected chi connectivity index (χ2v) is 4.86. The zero-order valence-corrected chi connectivity index (χ0v) is 12.1. The van der Waals surface area contributed by atoms with Gasteiger partial charge >= 0.3 is 0 Å². The first-order valence-electron chi connectivity index (χ1n) is 6.87. The number of ether oxygens (including phenoxy) is 1. The third kappa shape index (κ3) is 3.58. The Morgan fingerprint density at radius 3 is 2.75 bits per heavy atom. The average Bonchev–Trinajstić information content (AvgIpc) is 2.43. The molecule has 0 saturated heterocycles. The van der Waals surface area contributed by atoms with E-state index in [2.05, 4.69) is 25.2 Å². The predicted molar refractivity (Wildman–Crippen MR) is 79.7 cm³/mol. The topological polar surface area (TPSA) is 21.3 Å². The molecule has 0 radical (unpaired) electrons. The van der Waals surface area contributed by atoms with Crippen LogP contribution in [0, 0.1) is 12.7 Å². The number of rotatable bonds is 5. The minimum Gasteiger partial charge on any atom is -0.457 e. The molecule has 0 aliphatic carbocycles.